The van der Waals surface area contributed by atoms with E-state index in [1.165, 1.54) is 6.21 Å². The van der Waals surface area contributed by atoms with Crippen LogP contribution in [0.5, 0.6) is 11.6 Å². The van der Waals surface area contributed by atoms with Gasteiger partial charge in [-0.25, -0.2) is 4.68 Å². The molecule has 1 aromatic heterocycles. The molecule has 0 bridgehead atoms. The summed E-state index contributed by atoms with van der Waals surface area (Å²) >= 11 is 3.36. The predicted octanol–water partition coefficient (Wildman–Crippen LogP) is 3.09. The Hall–Kier alpha value is -1.82. The molecule has 1 N–H and O–H groups in total. The molecule has 0 atom stereocenters. The van der Waals surface area contributed by atoms with Crippen molar-refractivity contribution in [1.82, 2.24) is 9.78 Å². The number of halogens is 1. The highest BCUT2D eigenvalue weighted by atomic mass is 79.9. The molecular formula is C12H12BrN3O2. The monoisotopic (exact) mass is 309 g/mol. The highest BCUT2D eigenvalue weighted by Crippen LogP contribution is 2.26. The van der Waals surface area contributed by atoms with Gasteiger partial charge in [-0.2, -0.15) is 5.10 Å². The number of rotatable bonds is 3. The lowest BCUT2D eigenvalue weighted by atomic mass is 10.3. The van der Waals surface area contributed by atoms with Crippen molar-refractivity contribution >= 4 is 22.1 Å². The van der Waals surface area contributed by atoms with Crippen molar-refractivity contribution in [2.45, 2.75) is 6.92 Å². The minimum absolute atomic E-state index is 0.535. The second-order valence-electron chi connectivity index (χ2n) is 3.73. The third-order valence-electron chi connectivity index (χ3n) is 2.43. The highest BCUT2D eigenvalue weighted by molar-refractivity contribution is 9.10. The van der Waals surface area contributed by atoms with Gasteiger partial charge in [-0.05, 0) is 31.2 Å². The number of hydrogen-bond acceptors (Lipinski definition) is 4. The highest BCUT2D eigenvalue weighted by Gasteiger charge is 2.13. The lowest BCUT2D eigenvalue weighted by molar-refractivity contribution is 0.321. The van der Waals surface area contributed by atoms with E-state index in [1.54, 1.807) is 11.7 Å². The van der Waals surface area contributed by atoms with Crippen LogP contribution in [0.2, 0.25) is 0 Å². The fourth-order valence-corrected chi connectivity index (χ4v) is 1.86. The Kier molecular flexibility index (Phi) is 3.66. The summed E-state index contributed by atoms with van der Waals surface area (Å²) in [5.74, 6) is 1.22. The molecule has 94 valence electrons. The maximum absolute atomic E-state index is 8.65. The molecule has 1 aromatic carbocycles. The smallest absolute Gasteiger partial charge is 0.226 e. The number of hydrogen-bond donors (Lipinski definition) is 1. The van der Waals surface area contributed by atoms with Gasteiger partial charge < -0.3 is 9.94 Å². The molecule has 0 fully saturated rings. The van der Waals surface area contributed by atoms with Crippen LogP contribution >= 0.6 is 15.9 Å². The van der Waals surface area contributed by atoms with Gasteiger partial charge in [0.15, 0.2) is 0 Å². The van der Waals surface area contributed by atoms with E-state index in [0.717, 1.165) is 10.2 Å². The molecule has 0 aliphatic carbocycles. The average Bonchev–Trinajstić information content (AvgIpc) is 2.59. The minimum atomic E-state index is 0.535. The molecule has 1 heterocycles. The molecule has 0 aliphatic rings. The third kappa shape index (κ3) is 2.53. The van der Waals surface area contributed by atoms with Gasteiger partial charge >= 0.3 is 0 Å². The first-order valence-electron chi connectivity index (χ1n) is 5.26. The quantitative estimate of drug-likeness (QED) is 0.538. The zero-order valence-electron chi connectivity index (χ0n) is 9.96. The molecule has 0 spiro atoms. The van der Waals surface area contributed by atoms with Crippen LogP contribution in [0.25, 0.3) is 0 Å². The Morgan fingerprint density at radius 3 is 2.67 bits per heavy atom. The zero-order chi connectivity index (χ0) is 13.1. The topological polar surface area (TPSA) is 59.6 Å². The Morgan fingerprint density at radius 2 is 2.06 bits per heavy atom. The van der Waals surface area contributed by atoms with E-state index in [0.29, 0.717) is 17.2 Å². The van der Waals surface area contributed by atoms with Crippen LogP contribution in [0, 0.1) is 6.92 Å². The van der Waals surface area contributed by atoms with Crippen molar-refractivity contribution < 1.29 is 9.94 Å². The molecule has 0 radical (unpaired) electrons. The van der Waals surface area contributed by atoms with Crippen LogP contribution in [0.1, 0.15) is 11.3 Å². The van der Waals surface area contributed by atoms with Gasteiger partial charge in [0.05, 0.1) is 17.5 Å². The van der Waals surface area contributed by atoms with Crippen LogP contribution in [-0.4, -0.2) is 21.2 Å². The first kappa shape index (κ1) is 12.6. The van der Waals surface area contributed by atoms with E-state index in [4.69, 9.17) is 9.94 Å². The molecule has 6 heteroatoms. The second kappa shape index (κ2) is 5.22. The molecule has 0 saturated carbocycles. The number of oxime groups is 1. The van der Waals surface area contributed by atoms with Gasteiger partial charge in [0.2, 0.25) is 5.88 Å². The van der Waals surface area contributed by atoms with Crippen molar-refractivity contribution in [1.29, 1.82) is 0 Å². The van der Waals surface area contributed by atoms with Crippen molar-refractivity contribution in [2.24, 2.45) is 12.2 Å². The Balaban J connectivity index is 2.36. The minimum Gasteiger partial charge on any atom is -0.439 e. The third-order valence-corrected chi connectivity index (χ3v) is 2.96. The first-order valence-corrected chi connectivity index (χ1v) is 6.05. The fourth-order valence-electron chi connectivity index (χ4n) is 1.60. The predicted molar refractivity (Wildman–Crippen MR) is 71.5 cm³/mol. The normalized spacial score (nSPS) is 11.1. The van der Waals surface area contributed by atoms with Crippen LogP contribution < -0.4 is 4.74 Å². The number of benzene rings is 1. The number of nitrogens with zero attached hydrogens (tertiary/aromatic N) is 3. The van der Waals surface area contributed by atoms with Gasteiger partial charge in [0.1, 0.15) is 5.75 Å². The summed E-state index contributed by atoms with van der Waals surface area (Å²) in [5.41, 5.74) is 1.39. The van der Waals surface area contributed by atoms with Gasteiger partial charge in [0.25, 0.3) is 0 Å². The summed E-state index contributed by atoms with van der Waals surface area (Å²) in [6.07, 6.45) is 1.32. The Morgan fingerprint density at radius 1 is 1.39 bits per heavy atom. The van der Waals surface area contributed by atoms with Crippen LogP contribution in [-0.2, 0) is 7.05 Å². The van der Waals surface area contributed by atoms with Crippen molar-refractivity contribution in [3.63, 3.8) is 0 Å². The van der Waals surface area contributed by atoms with E-state index in [9.17, 15) is 0 Å². The summed E-state index contributed by atoms with van der Waals surface area (Å²) in [7, 11) is 1.77. The molecule has 0 unspecified atom stereocenters. The molecule has 2 aromatic rings. The Bertz CT molecular complexity index is 576. The van der Waals surface area contributed by atoms with Gasteiger partial charge in [-0.15, -0.1) is 0 Å². The molecular weight excluding hydrogens is 298 g/mol. The van der Waals surface area contributed by atoms with Crippen LogP contribution in [0.4, 0.5) is 0 Å². The number of ether oxygens (including phenoxy) is 1. The number of aryl methyl sites for hydroxylation is 2. The van der Waals surface area contributed by atoms with E-state index in [-0.39, 0.29) is 0 Å². The average molecular weight is 310 g/mol. The summed E-state index contributed by atoms with van der Waals surface area (Å²) in [6.45, 7) is 1.82. The van der Waals surface area contributed by atoms with Crippen molar-refractivity contribution in [3.8, 4) is 11.6 Å². The lowest BCUT2D eigenvalue weighted by Crippen LogP contribution is -1.96. The SMILES string of the molecule is Cc1nn(C)c(Oc2ccc(Br)cc2)c1/C=N/O. The summed E-state index contributed by atoms with van der Waals surface area (Å²) in [5, 5.41) is 15.9. The molecule has 0 saturated heterocycles. The van der Waals surface area contributed by atoms with Gasteiger partial charge in [-0.1, -0.05) is 21.1 Å². The molecule has 18 heavy (non-hydrogen) atoms. The van der Waals surface area contributed by atoms with Crippen molar-refractivity contribution in [3.05, 3.63) is 40.0 Å². The molecule has 2 rings (SSSR count). The molecule has 0 amide bonds. The number of aromatic nitrogens is 2. The van der Waals surface area contributed by atoms with Gasteiger partial charge in [0, 0.05) is 11.5 Å². The van der Waals surface area contributed by atoms with Crippen LogP contribution in [0.3, 0.4) is 0 Å². The largest absolute Gasteiger partial charge is 0.439 e. The van der Waals surface area contributed by atoms with Gasteiger partial charge in [-0.3, -0.25) is 0 Å². The Labute approximate surface area is 113 Å². The van der Waals surface area contributed by atoms with E-state index in [2.05, 4.69) is 26.2 Å². The van der Waals surface area contributed by atoms with E-state index in [1.807, 2.05) is 31.2 Å². The first-order chi connectivity index (χ1) is 8.61. The van der Waals surface area contributed by atoms with E-state index < -0.39 is 0 Å². The summed E-state index contributed by atoms with van der Waals surface area (Å²) < 4.78 is 8.33. The summed E-state index contributed by atoms with van der Waals surface area (Å²) in [4.78, 5) is 0. The second-order valence-corrected chi connectivity index (χ2v) is 4.64. The fraction of sp³-hybridized carbons (Fsp3) is 0.167. The van der Waals surface area contributed by atoms with Crippen LogP contribution in [0.15, 0.2) is 33.9 Å². The summed E-state index contributed by atoms with van der Waals surface area (Å²) in [6, 6.07) is 7.45. The zero-order valence-corrected chi connectivity index (χ0v) is 11.5. The lowest BCUT2D eigenvalue weighted by Gasteiger charge is -2.06. The van der Waals surface area contributed by atoms with Crippen molar-refractivity contribution in [2.75, 3.05) is 0 Å². The van der Waals surface area contributed by atoms with E-state index >= 15 is 0 Å². The maximum Gasteiger partial charge on any atom is 0.226 e. The molecule has 0 aliphatic heterocycles. The molecule has 5 nitrogen and oxygen atoms in total. The standard InChI is InChI=1S/C12H12BrN3O2/c1-8-11(7-14-17)12(16(2)15-8)18-10-5-3-9(13)4-6-10/h3-7,17H,1-2H3/b14-7+. The maximum atomic E-state index is 8.65.